The molecule has 0 saturated heterocycles. The molecule has 0 fully saturated rings. The normalized spacial score (nSPS) is 12.9. The van der Waals surface area contributed by atoms with E-state index in [1.165, 1.54) is 9.13 Å². The van der Waals surface area contributed by atoms with E-state index >= 15 is 0 Å². The minimum Gasteiger partial charge on any atom is -0.307 e. The van der Waals surface area contributed by atoms with Crippen molar-refractivity contribution in [2.45, 2.75) is 46.2 Å². The molecule has 28 heavy (non-hydrogen) atoms. The SMILES string of the molecule is CCCCn1c(=O)c2c(nc3n(C(C)c4ccccc4)c(C)cn23)n(C)c1=O. The number of hydrogen-bond acceptors (Lipinski definition) is 3. The highest BCUT2D eigenvalue weighted by molar-refractivity contribution is 5.75. The van der Waals surface area contributed by atoms with Gasteiger partial charge < -0.3 is 4.57 Å². The second kappa shape index (κ2) is 6.82. The lowest BCUT2D eigenvalue weighted by Crippen LogP contribution is -2.39. The molecule has 0 aliphatic rings. The second-order valence-electron chi connectivity index (χ2n) is 7.33. The van der Waals surface area contributed by atoms with Crippen LogP contribution in [-0.2, 0) is 13.6 Å². The van der Waals surface area contributed by atoms with Crippen LogP contribution in [0.3, 0.4) is 0 Å². The molecule has 1 aromatic carbocycles. The number of benzene rings is 1. The molecule has 146 valence electrons. The summed E-state index contributed by atoms with van der Waals surface area (Å²) in [7, 11) is 1.68. The van der Waals surface area contributed by atoms with E-state index in [2.05, 4.69) is 23.6 Å². The fraction of sp³-hybridized carbons (Fsp3) is 0.381. The summed E-state index contributed by atoms with van der Waals surface area (Å²) in [5, 5.41) is 0. The molecule has 0 aliphatic heterocycles. The van der Waals surface area contributed by atoms with Gasteiger partial charge >= 0.3 is 5.69 Å². The molecule has 1 unspecified atom stereocenters. The van der Waals surface area contributed by atoms with Crippen LogP contribution in [0.4, 0.5) is 0 Å². The van der Waals surface area contributed by atoms with Crippen LogP contribution in [0.5, 0.6) is 0 Å². The summed E-state index contributed by atoms with van der Waals surface area (Å²) in [4.78, 5) is 30.5. The fourth-order valence-electron chi connectivity index (χ4n) is 3.90. The molecule has 0 N–H and O–H groups in total. The highest BCUT2D eigenvalue weighted by Gasteiger charge is 2.22. The van der Waals surface area contributed by atoms with Crippen LogP contribution < -0.4 is 11.2 Å². The largest absolute Gasteiger partial charge is 0.332 e. The van der Waals surface area contributed by atoms with Crippen molar-refractivity contribution in [1.82, 2.24) is 23.1 Å². The van der Waals surface area contributed by atoms with Crippen molar-refractivity contribution in [3.63, 3.8) is 0 Å². The van der Waals surface area contributed by atoms with Crippen molar-refractivity contribution in [3.05, 3.63) is 68.6 Å². The molecule has 1 atom stereocenters. The number of hydrogen-bond donors (Lipinski definition) is 0. The summed E-state index contributed by atoms with van der Waals surface area (Å²) in [6.45, 7) is 6.59. The third kappa shape index (κ3) is 2.61. The first-order chi connectivity index (χ1) is 13.5. The molecule has 7 nitrogen and oxygen atoms in total. The smallest absolute Gasteiger partial charge is 0.307 e. The van der Waals surface area contributed by atoms with E-state index < -0.39 is 0 Å². The molecule has 0 saturated carbocycles. The zero-order valence-electron chi connectivity index (χ0n) is 16.7. The Hall–Kier alpha value is -3.09. The maximum atomic E-state index is 13.1. The summed E-state index contributed by atoms with van der Waals surface area (Å²) >= 11 is 0. The van der Waals surface area contributed by atoms with Gasteiger partial charge in [0.1, 0.15) is 0 Å². The van der Waals surface area contributed by atoms with Gasteiger partial charge in [-0.1, -0.05) is 43.7 Å². The Morgan fingerprint density at radius 2 is 1.86 bits per heavy atom. The van der Waals surface area contributed by atoms with Crippen LogP contribution in [0.2, 0.25) is 0 Å². The van der Waals surface area contributed by atoms with Crippen LogP contribution in [0.25, 0.3) is 16.9 Å². The summed E-state index contributed by atoms with van der Waals surface area (Å²) in [6.07, 6.45) is 3.63. The minimum atomic E-state index is -0.314. The number of fused-ring (bicyclic) bond motifs is 3. The molecule has 0 amide bonds. The third-order valence-electron chi connectivity index (χ3n) is 5.47. The zero-order valence-corrected chi connectivity index (χ0v) is 16.7. The topological polar surface area (TPSA) is 66.2 Å². The fourth-order valence-corrected chi connectivity index (χ4v) is 3.90. The molecule has 0 spiro atoms. The van der Waals surface area contributed by atoms with Gasteiger partial charge in [0.25, 0.3) is 5.56 Å². The van der Waals surface area contributed by atoms with Gasteiger partial charge in [-0.3, -0.25) is 18.3 Å². The average Bonchev–Trinajstić information content (AvgIpc) is 3.21. The molecular weight excluding hydrogens is 354 g/mol. The van der Waals surface area contributed by atoms with E-state index in [1.807, 2.05) is 42.6 Å². The molecule has 3 heterocycles. The van der Waals surface area contributed by atoms with Gasteiger partial charge in [0.15, 0.2) is 11.2 Å². The monoisotopic (exact) mass is 379 g/mol. The van der Waals surface area contributed by atoms with Crippen LogP contribution in [0, 0.1) is 6.92 Å². The van der Waals surface area contributed by atoms with Gasteiger partial charge in [-0.2, -0.15) is 4.98 Å². The van der Waals surface area contributed by atoms with E-state index in [9.17, 15) is 9.59 Å². The predicted molar refractivity (Wildman–Crippen MR) is 110 cm³/mol. The maximum absolute atomic E-state index is 13.1. The first kappa shape index (κ1) is 18.3. The van der Waals surface area contributed by atoms with E-state index in [4.69, 9.17) is 4.98 Å². The Morgan fingerprint density at radius 1 is 1.14 bits per heavy atom. The Morgan fingerprint density at radius 3 is 2.54 bits per heavy atom. The minimum absolute atomic E-state index is 0.0508. The van der Waals surface area contributed by atoms with Crippen LogP contribution >= 0.6 is 0 Å². The van der Waals surface area contributed by atoms with Crippen molar-refractivity contribution < 1.29 is 0 Å². The Labute approximate surface area is 162 Å². The second-order valence-corrected chi connectivity index (χ2v) is 7.33. The number of aryl methyl sites for hydroxylation is 2. The molecular formula is C21H25N5O2. The highest BCUT2D eigenvalue weighted by Crippen LogP contribution is 2.25. The van der Waals surface area contributed by atoms with Crippen molar-refractivity contribution in [3.8, 4) is 0 Å². The summed E-state index contributed by atoms with van der Waals surface area (Å²) in [6, 6.07) is 10.2. The zero-order chi connectivity index (χ0) is 20.0. The standard InChI is InChI=1S/C21H25N5O2/c1-5-6-12-24-19(27)17-18(23(4)21(24)28)22-20-25(17)13-14(2)26(20)15(3)16-10-8-7-9-11-16/h7-11,13,15H,5-6,12H2,1-4H3. The molecule has 3 aromatic heterocycles. The summed E-state index contributed by atoms with van der Waals surface area (Å²) in [5.41, 5.74) is 2.45. The van der Waals surface area contributed by atoms with E-state index in [0.29, 0.717) is 23.5 Å². The van der Waals surface area contributed by atoms with Gasteiger partial charge in [0, 0.05) is 25.5 Å². The Balaban J connectivity index is 2.01. The Kier molecular flexibility index (Phi) is 4.45. The number of aromatic nitrogens is 5. The summed E-state index contributed by atoms with van der Waals surface area (Å²) in [5.74, 6) is 0.671. The Bertz CT molecular complexity index is 1270. The lowest BCUT2D eigenvalue weighted by Gasteiger charge is -2.16. The van der Waals surface area contributed by atoms with Gasteiger partial charge in [0.05, 0.1) is 6.04 Å². The molecule has 0 radical (unpaired) electrons. The van der Waals surface area contributed by atoms with Crippen LogP contribution in [-0.4, -0.2) is 23.1 Å². The third-order valence-corrected chi connectivity index (χ3v) is 5.47. The average molecular weight is 379 g/mol. The van der Waals surface area contributed by atoms with E-state index in [-0.39, 0.29) is 17.3 Å². The molecule has 0 aliphatic carbocycles. The van der Waals surface area contributed by atoms with Gasteiger partial charge in [-0.25, -0.2) is 4.79 Å². The van der Waals surface area contributed by atoms with Crippen LogP contribution in [0.1, 0.15) is 44.0 Å². The first-order valence-corrected chi connectivity index (χ1v) is 9.70. The van der Waals surface area contributed by atoms with E-state index in [0.717, 1.165) is 24.1 Å². The number of rotatable bonds is 5. The number of unbranched alkanes of at least 4 members (excludes halogenated alkanes) is 1. The van der Waals surface area contributed by atoms with Gasteiger partial charge in [-0.15, -0.1) is 0 Å². The molecule has 4 aromatic rings. The van der Waals surface area contributed by atoms with Gasteiger partial charge in [0.2, 0.25) is 5.78 Å². The van der Waals surface area contributed by atoms with Crippen LogP contribution in [0.15, 0.2) is 46.1 Å². The highest BCUT2D eigenvalue weighted by atomic mass is 16.2. The molecule has 4 rings (SSSR count). The van der Waals surface area contributed by atoms with Crippen molar-refractivity contribution >= 4 is 16.9 Å². The lowest BCUT2D eigenvalue weighted by atomic mass is 10.1. The molecule has 7 heteroatoms. The predicted octanol–water partition coefficient (Wildman–Crippen LogP) is 2.87. The first-order valence-electron chi connectivity index (χ1n) is 9.70. The number of nitrogens with zero attached hydrogens (tertiary/aromatic N) is 5. The van der Waals surface area contributed by atoms with Crippen molar-refractivity contribution in [1.29, 1.82) is 0 Å². The molecule has 0 bridgehead atoms. The number of imidazole rings is 2. The van der Waals surface area contributed by atoms with Crippen molar-refractivity contribution in [2.24, 2.45) is 7.05 Å². The quantitative estimate of drug-likeness (QED) is 0.536. The van der Waals surface area contributed by atoms with E-state index in [1.54, 1.807) is 7.05 Å². The summed E-state index contributed by atoms with van der Waals surface area (Å²) < 4.78 is 6.74. The van der Waals surface area contributed by atoms with Gasteiger partial charge in [-0.05, 0) is 25.8 Å². The van der Waals surface area contributed by atoms with Crippen molar-refractivity contribution in [2.75, 3.05) is 0 Å². The maximum Gasteiger partial charge on any atom is 0.332 e. The lowest BCUT2D eigenvalue weighted by molar-refractivity contribution is 0.566.